The van der Waals surface area contributed by atoms with Crippen LogP contribution < -0.4 is 0 Å². The van der Waals surface area contributed by atoms with Gasteiger partial charge in [-0.1, -0.05) is 90.4 Å². The van der Waals surface area contributed by atoms with E-state index in [1.54, 1.807) is 0 Å². The van der Waals surface area contributed by atoms with Gasteiger partial charge in [0.2, 0.25) is 0 Å². The summed E-state index contributed by atoms with van der Waals surface area (Å²) in [6, 6.07) is 0. The van der Waals surface area contributed by atoms with Gasteiger partial charge in [-0.3, -0.25) is 0 Å². The molecule has 0 aromatic rings. The van der Waals surface area contributed by atoms with E-state index in [1.165, 1.54) is 83.5 Å². The Balaban J connectivity index is 2.90. The molecule has 0 atom stereocenters. The van der Waals surface area contributed by atoms with Gasteiger partial charge in [0.25, 0.3) is 0 Å². The summed E-state index contributed by atoms with van der Waals surface area (Å²) in [5.41, 5.74) is 0. The monoisotopic (exact) mass is 302 g/mol. The number of aliphatic hydroxyl groups is 1. The highest BCUT2D eigenvalue weighted by Gasteiger charge is 1.94. The summed E-state index contributed by atoms with van der Waals surface area (Å²) >= 11 is 0. The molecule has 0 unspecified atom stereocenters. The first-order chi connectivity index (χ1) is 10.4. The third-order valence-corrected chi connectivity index (χ3v) is 3.84. The van der Waals surface area contributed by atoms with Crippen molar-refractivity contribution < 1.29 is 14.9 Å². The van der Waals surface area contributed by atoms with Gasteiger partial charge >= 0.3 is 0 Å². The van der Waals surface area contributed by atoms with Crippen LogP contribution in [0.5, 0.6) is 0 Å². The van der Waals surface area contributed by atoms with Gasteiger partial charge in [0.15, 0.2) is 0 Å². The van der Waals surface area contributed by atoms with E-state index in [9.17, 15) is 0 Å². The Morgan fingerprint density at radius 3 is 1.33 bits per heavy atom. The molecule has 1 N–H and O–H groups in total. The van der Waals surface area contributed by atoms with Crippen molar-refractivity contribution >= 4 is 0 Å². The molecule has 0 saturated heterocycles. The van der Waals surface area contributed by atoms with Crippen molar-refractivity contribution in [3.63, 3.8) is 0 Å². The lowest BCUT2D eigenvalue weighted by atomic mass is 10.0. The zero-order valence-electron chi connectivity index (χ0n) is 14.3. The first-order valence-corrected chi connectivity index (χ1v) is 9.27. The van der Waals surface area contributed by atoms with E-state index >= 15 is 0 Å². The number of hydrogen-bond acceptors (Lipinski definition) is 3. The van der Waals surface area contributed by atoms with Crippen molar-refractivity contribution in [3.8, 4) is 0 Å². The maximum Gasteiger partial charge on any atom is 0.105 e. The van der Waals surface area contributed by atoms with Crippen molar-refractivity contribution in [1.29, 1.82) is 0 Å². The van der Waals surface area contributed by atoms with Gasteiger partial charge in [0.05, 0.1) is 13.2 Å². The van der Waals surface area contributed by atoms with E-state index in [0.717, 1.165) is 6.42 Å². The highest BCUT2D eigenvalue weighted by molar-refractivity contribution is 4.49. The third-order valence-electron chi connectivity index (χ3n) is 3.84. The molecule has 128 valence electrons. The second kappa shape index (κ2) is 19.9. The number of aliphatic hydroxyl groups excluding tert-OH is 1. The molecule has 0 rings (SSSR count). The lowest BCUT2D eigenvalue weighted by molar-refractivity contribution is -0.298. The number of hydrogen-bond donors (Lipinski definition) is 1. The Bertz CT molecular complexity index is 156. The molecule has 0 aliphatic carbocycles. The molecule has 0 heterocycles. The largest absolute Gasteiger partial charge is 0.394 e. The molecule has 0 aromatic carbocycles. The summed E-state index contributed by atoms with van der Waals surface area (Å²) < 4.78 is 0. The predicted molar refractivity (Wildman–Crippen MR) is 89.3 cm³/mol. The summed E-state index contributed by atoms with van der Waals surface area (Å²) in [6.07, 6.45) is 19.1. The van der Waals surface area contributed by atoms with E-state index in [2.05, 4.69) is 6.92 Å². The van der Waals surface area contributed by atoms with Gasteiger partial charge in [0, 0.05) is 0 Å². The highest BCUT2D eigenvalue weighted by atomic mass is 17.2. The summed E-state index contributed by atoms with van der Waals surface area (Å²) in [4.78, 5) is 9.67. The molecule has 3 nitrogen and oxygen atoms in total. The minimum atomic E-state index is 0.0265. The molecule has 0 fully saturated rings. The summed E-state index contributed by atoms with van der Waals surface area (Å²) in [5, 5.41) is 8.49. The Morgan fingerprint density at radius 2 is 0.905 bits per heavy atom. The van der Waals surface area contributed by atoms with Crippen molar-refractivity contribution in [1.82, 2.24) is 0 Å². The van der Waals surface area contributed by atoms with Gasteiger partial charge in [-0.2, -0.15) is 0 Å². The first-order valence-electron chi connectivity index (χ1n) is 9.27. The van der Waals surface area contributed by atoms with Crippen LogP contribution in [0.4, 0.5) is 0 Å². The van der Waals surface area contributed by atoms with Crippen molar-refractivity contribution in [2.24, 2.45) is 0 Å². The van der Waals surface area contributed by atoms with Crippen molar-refractivity contribution in [2.75, 3.05) is 19.8 Å². The quantitative estimate of drug-likeness (QED) is 0.209. The van der Waals surface area contributed by atoms with Gasteiger partial charge < -0.3 is 5.11 Å². The van der Waals surface area contributed by atoms with E-state index in [1.807, 2.05) is 0 Å². The smallest absolute Gasteiger partial charge is 0.105 e. The lowest BCUT2D eigenvalue weighted by Gasteiger charge is -2.04. The van der Waals surface area contributed by atoms with Crippen LogP contribution in [0.15, 0.2) is 0 Å². The van der Waals surface area contributed by atoms with Crippen LogP contribution in [0.1, 0.15) is 96.8 Å². The fraction of sp³-hybridized carbons (Fsp3) is 1.00. The van der Waals surface area contributed by atoms with E-state index in [-0.39, 0.29) is 13.2 Å². The number of unbranched alkanes of at least 4 members (excludes halogenated alkanes) is 13. The maximum atomic E-state index is 8.49. The van der Waals surface area contributed by atoms with Crippen LogP contribution in [0, 0.1) is 0 Å². The zero-order chi connectivity index (χ0) is 15.4. The molecule has 0 bridgehead atoms. The Kier molecular flexibility index (Phi) is 19.8. The van der Waals surface area contributed by atoms with E-state index in [4.69, 9.17) is 14.9 Å². The fourth-order valence-corrected chi connectivity index (χ4v) is 2.51. The molecule has 0 aliphatic heterocycles. The summed E-state index contributed by atoms with van der Waals surface area (Å²) in [5.74, 6) is 0. The second-order valence-electron chi connectivity index (χ2n) is 5.96. The highest BCUT2D eigenvalue weighted by Crippen LogP contribution is 2.12. The van der Waals surface area contributed by atoms with Crippen molar-refractivity contribution in [3.05, 3.63) is 0 Å². The van der Waals surface area contributed by atoms with Crippen LogP contribution in [0.2, 0.25) is 0 Å². The molecule has 21 heavy (non-hydrogen) atoms. The number of rotatable bonds is 18. The minimum Gasteiger partial charge on any atom is -0.394 e. The molecule has 0 saturated carbocycles. The molecular formula is C18H38O3. The van der Waals surface area contributed by atoms with Gasteiger partial charge in [0.1, 0.15) is 6.61 Å². The molecule has 0 radical (unpaired) electrons. The first kappa shape index (κ1) is 20.9. The topological polar surface area (TPSA) is 38.7 Å². The maximum absolute atomic E-state index is 8.49. The van der Waals surface area contributed by atoms with E-state index < -0.39 is 0 Å². The molecular weight excluding hydrogens is 264 g/mol. The zero-order valence-corrected chi connectivity index (χ0v) is 14.3. The van der Waals surface area contributed by atoms with E-state index in [0.29, 0.717) is 6.61 Å². The Labute approximate surface area is 132 Å². The minimum absolute atomic E-state index is 0.0265. The lowest BCUT2D eigenvalue weighted by Crippen LogP contribution is -2.01. The third kappa shape index (κ3) is 19.9. The van der Waals surface area contributed by atoms with Gasteiger partial charge in [-0.25, -0.2) is 9.78 Å². The van der Waals surface area contributed by atoms with Crippen LogP contribution in [-0.4, -0.2) is 24.9 Å². The van der Waals surface area contributed by atoms with Gasteiger partial charge in [-0.05, 0) is 6.42 Å². The molecule has 0 amide bonds. The van der Waals surface area contributed by atoms with Crippen LogP contribution in [-0.2, 0) is 9.78 Å². The van der Waals surface area contributed by atoms with Gasteiger partial charge in [-0.15, -0.1) is 0 Å². The Hall–Kier alpha value is -0.120. The fourth-order valence-electron chi connectivity index (χ4n) is 2.51. The summed E-state index contributed by atoms with van der Waals surface area (Å²) in [7, 11) is 0. The van der Waals surface area contributed by atoms with Crippen LogP contribution >= 0.6 is 0 Å². The predicted octanol–water partition coefficient (Wildman–Crippen LogP) is 5.41. The average molecular weight is 302 g/mol. The normalized spacial score (nSPS) is 11.1. The summed E-state index contributed by atoms with van der Waals surface area (Å²) in [6.45, 7) is 3.23. The van der Waals surface area contributed by atoms with Crippen molar-refractivity contribution in [2.45, 2.75) is 96.8 Å². The standard InChI is InChI=1S/C18H38O3/c1-2-3-4-5-6-7-8-9-10-11-12-13-14-15-17-20-21-18-16-19/h19H,2-18H2,1H3. The Morgan fingerprint density at radius 1 is 0.524 bits per heavy atom. The van der Waals surface area contributed by atoms with Crippen LogP contribution in [0.3, 0.4) is 0 Å². The van der Waals surface area contributed by atoms with Crippen LogP contribution in [0.25, 0.3) is 0 Å². The second-order valence-corrected chi connectivity index (χ2v) is 5.96. The molecule has 0 spiro atoms. The SMILES string of the molecule is CCCCCCCCCCCCCCCCOOCCO. The molecule has 3 heteroatoms. The molecule has 0 aromatic heterocycles. The average Bonchev–Trinajstić information content (AvgIpc) is 2.50. The molecule has 0 aliphatic rings.